The van der Waals surface area contributed by atoms with E-state index in [4.69, 9.17) is 4.74 Å². The molecule has 2 aliphatic heterocycles. The van der Waals surface area contributed by atoms with Crippen LogP contribution in [0.25, 0.3) is 0 Å². The lowest BCUT2D eigenvalue weighted by Crippen LogP contribution is -2.52. The molecule has 2 aromatic carbocycles. The molecule has 2 heterocycles. The Morgan fingerprint density at radius 3 is 2.44 bits per heavy atom. The third kappa shape index (κ3) is 3.93. The molecule has 1 fully saturated rings. The molecule has 6 heteroatoms. The molecule has 1 N–H and O–H groups in total. The highest BCUT2D eigenvalue weighted by Gasteiger charge is 2.47. The summed E-state index contributed by atoms with van der Waals surface area (Å²) in [7, 11) is 1.66. The second-order valence-electron chi connectivity index (χ2n) is 6.68. The SMILES string of the molecule is COc1ccc(SC2C(=O)[N+](c3ccccc3)=CC2N2CCNCC2)cc1. The number of thioether (sulfide) groups is 1. The number of amides is 1. The number of ether oxygens (including phenoxy) is 1. The number of carbonyl (C=O) groups is 1. The average molecular weight is 383 g/mol. The molecule has 5 nitrogen and oxygen atoms in total. The Balaban J connectivity index is 1.62. The van der Waals surface area contributed by atoms with Gasteiger partial charge in [-0.3, -0.25) is 4.90 Å². The highest BCUT2D eigenvalue weighted by molar-refractivity contribution is 8.00. The molecule has 27 heavy (non-hydrogen) atoms. The van der Waals surface area contributed by atoms with Crippen molar-refractivity contribution in [2.45, 2.75) is 16.2 Å². The Morgan fingerprint density at radius 2 is 1.78 bits per heavy atom. The summed E-state index contributed by atoms with van der Waals surface area (Å²) < 4.78 is 7.07. The number of hydrogen-bond acceptors (Lipinski definition) is 5. The molecule has 0 saturated carbocycles. The molecule has 0 radical (unpaired) electrons. The number of methoxy groups -OCH3 is 1. The average Bonchev–Trinajstić information content (AvgIpc) is 3.06. The van der Waals surface area contributed by atoms with E-state index in [2.05, 4.69) is 16.4 Å². The minimum absolute atomic E-state index is 0.0897. The predicted molar refractivity (Wildman–Crippen MR) is 108 cm³/mol. The first kappa shape index (κ1) is 18.2. The van der Waals surface area contributed by atoms with Crippen LogP contribution in [0.15, 0.2) is 59.5 Å². The van der Waals surface area contributed by atoms with E-state index in [0.29, 0.717) is 0 Å². The lowest BCUT2D eigenvalue weighted by atomic mass is 10.2. The van der Waals surface area contributed by atoms with Crippen molar-refractivity contribution in [3.63, 3.8) is 0 Å². The Bertz CT molecular complexity index is 817. The molecule has 2 atom stereocenters. The summed E-state index contributed by atoms with van der Waals surface area (Å²) in [5, 5.41) is 3.24. The summed E-state index contributed by atoms with van der Waals surface area (Å²) in [4.78, 5) is 16.8. The fourth-order valence-corrected chi connectivity index (χ4v) is 4.76. The van der Waals surface area contributed by atoms with Gasteiger partial charge in [0.15, 0.2) is 11.5 Å². The van der Waals surface area contributed by atoms with E-state index in [9.17, 15) is 4.79 Å². The van der Waals surface area contributed by atoms with Crippen molar-refractivity contribution in [2.75, 3.05) is 33.3 Å². The van der Waals surface area contributed by atoms with Gasteiger partial charge in [0.2, 0.25) is 5.69 Å². The molecular weight excluding hydrogens is 358 g/mol. The number of nitrogens with zero attached hydrogens (tertiary/aromatic N) is 2. The summed E-state index contributed by atoms with van der Waals surface area (Å²) in [6.07, 6.45) is 2.10. The minimum Gasteiger partial charge on any atom is -0.497 e. The lowest BCUT2D eigenvalue weighted by molar-refractivity contribution is -0.356. The second kappa shape index (κ2) is 8.25. The van der Waals surface area contributed by atoms with E-state index in [1.165, 1.54) is 0 Å². The molecule has 0 aromatic heterocycles. The van der Waals surface area contributed by atoms with Gasteiger partial charge in [0.05, 0.1) is 7.11 Å². The van der Waals surface area contributed by atoms with Gasteiger partial charge < -0.3 is 10.1 Å². The number of para-hydroxylation sites is 1. The first-order valence-corrected chi connectivity index (χ1v) is 10.1. The van der Waals surface area contributed by atoms with E-state index >= 15 is 0 Å². The topological polar surface area (TPSA) is 44.6 Å². The van der Waals surface area contributed by atoms with Crippen molar-refractivity contribution in [3.05, 3.63) is 54.6 Å². The van der Waals surface area contributed by atoms with Crippen LogP contribution in [0.4, 0.5) is 5.69 Å². The van der Waals surface area contributed by atoms with Gasteiger partial charge in [-0.1, -0.05) is 18.2 Å². The maximum atomic E-state index is 13.3. The number of carbonyl (C=O) groups excluding carboxylic acids is 1. The van der Waals surface area contributed by atoms with Gasteiger partial charge in [0, 0.05) is 43.2 Å². The molecule has 2 aromatic rings. The predicted octanol–water partition coefficient (Wildman–Crippen LogP) is 2.38. The zero-order valence-corrected chi connectivity index (χ0v) is 16.2. The molecule has 140 valence electrons. The highest BCUT2D eigenvalue weighted by atomic mass is 32.2. The van der Waals surface area contributed by atoms with Crippen molar-refractivity contribution in [2.24, 2.45) is 0 Å². The summed E-state index contributed by atoms with van der Waals surface area (Å²) in [5.74, 6) is 0.971. The molecule has 1 saturated heterocycles. The van der Waals surface area contributed by atoms with E-state index in [0.717, 1.165) is 42.5 Å². The third-order valence-corrected chi connectivity index (χ3v) is 6.30. The molecular formula is C21H24N3O2S+. The van der Waals surface area contributed by atoms with Crippen molar-refractivity contribution < 1.29 is 14.1 Å². The van der Waals surface area contributed by atoms with Crippen LogP contribution in [0.1, 0.15) is 0 Å². The molecule has 0 spiro atoms. The van der Waals surface area contributed by atoms with Gasteiger partial charge in [-0.2, -0.15) is 0 Å². The molecule has 0 bridgehead atoms. The molecule has 1 amide bonds. The van der Waals surface area contributed by atoms with E-state index in [1.807, 2.05) is 59.2 Å². The molecule has 2 aliphatic rings. The Labute approximate surface area is 164 Å². The van der Waals surface area contributed by atoms with Crippen LogP contribution >= 0.6 is 11.8 Å². The van der Waals surface area contributed by atoms with Gasteiger partial charge in [0.25, 0.3) is 0 Å². The normalized spacial score (nSPS) is 23.3. The van der Waals surface area contributed by atoms with Gasteiger partial charge in [0.1, 0.15) is 11.8 Å². The number of benzene rings is 2. The molecule has 2 unspecified atom stereocenters. The Kier molecular flexibility index (Phi) is 5.57. The maximum absolute atomic E-state index is 13.3. The van der Waals surface area contributed by atoms with Gasteiger partial charge in [-0.15, -0.1) is 16.3 Å². The van der Waals surface area contributed by atoms with Crippen molar-refractivity contribution in [1.29, 1.82) is 0 Å². The summed E-state index contributed by atoms with van der Waals surface area (Å²) in [5.41, 5.74) is 0.931. The zero-order chi connectivity index (χ0) is 18.6. The number of nitrogens with one attached hydrogen (secondary N) is 1. The summed E-state index contributed by atoms with van der Waals surface area (Å²) in [6, 6.07) is 17.9. The van der Waals surface area contributed by atoms with Crippen molar-refractivity contribution in [3.8, 4) is 5.75 Å². The van der Waals surface area contributed by atoms with Crippen LogP contribution in [0.2, 0.25) is 0 Å². The van der Waals surface area contributed by atoms with Crippen LogP contribution in [0.3, 0.4) is 0 Å². The van der Waals surface area contributed by atoms with Gasteiger partial charge in [-0.25, -0.2) is 4.79 Å². The minimum atomic E-state index is -0.156. The van der Waals surface area contributed by atoms with Crippen molar-refractivity contribution in [1.82, 2.24) is 10.2 Å². The van der Waals surface area contributed by atoms with E-state index in [1.54, 1.807) is 18.9 Å². The van der Waals surface area contributed by atoms with Crippen LogP contribution in [-0.2, 0) is 4.79 Å². The lowest BCUT2D eigenvalue weighted by Gasteiger charge is -2.31. The maximum Gasteiger partial charge on any atom is 0.408 e. The smallest absolute Gasteiger partial charge is 0.408 e. The fraction of sp³-hybridized carbons (Fsp3) is 0.333. The van der Waals surface area contributed by atoms with Crippen LogP contribution in [0, 0.1) is 0 Å². The first-order chi connectivity index (χ1) is 13.3. The number of piperazine rings is 1. The van der Waals surface area contributed by atoms with E-state index in [-0.39, 0.29) is 17.2 Å². The van der Waals surface area contributed by atoms with Gasteiger partial charge in [-0.05, 0) is 24.3 Å². The number of rotatable bonds is 5. The van der Waals surface area contributed by atoms with E-state index < -0.39 is 0 Å². The van der Waals surface area contributed by atoms with Crippen LogP contribution < -0.4 is 10.1 Å². The Morgan fingerprint density at radius 1 is 1.07 bits per heavy atom. The van der Waals surface area contributed by atoms with Crippen LogP contribution in [0.5, 0.6) is 5.75 Å². The zero-order valence-electron chi connectivity index (χ0n) is 15.4. The second-order valence-corrected chi connectivity index (χ2v) is 7.90. The summed E-state index contributed by atoms with van der Waals surface area (Å²) in [6.45, 7) is 3.83. The quantitative estimate of drug-likeness (QED) is 0.805. The molecule has 0 aliphatic carbocycles. The first-order valence-electron chi connectivity index (χ1n) is 9.25. The standard InChI is InChI=1S/C21H24N3O2S/c1-26-17-7-9-18(10-8-17)27-20-19(23-13-11-22-12-14-23)15-24(21(20)25)16-5-3-2-4-6-16/h2-10,15,19-20,22H,11-14H2,1H3/q+1. The largest absolute Gasteiger partial charge is 0.497 e. The molecule has 4 rings (SSSR count). The Hall–Kier alpha value is -2.15. The third-order valence-electron chi connectivity index (χ3n) is 5.02. The van der Waals surface area contributed by atoms with Crippen molar-refractivity contribution >= 4 is 29.6 Å². The number of hydrogen-bond donors (Lipinski definition) is 1. The monoisotopic (exact) mass is 382 g/mol. The van der Waals surface area contributed by atoms with Crippen LogP contribution in [-0.4, -0.2) is 66.2 Å². The van der Waals surface area contributed by atoms with Gasteiger partial charge >= 0.3 is 5.91 Å². The summed E-state index contributed by atoms with van der Waals surface area (Å²) >= 11 is 1.64. The fourth-order valence-electron chi connectivity index (χ4n) is 3.58. The highest BCUT2D eigenvalue weighted by Crippen LogP contribution is 2.33.